The second-order valence-corrected chi connectivity index (χ2v) is 5.79. The maximum Gasteiger partial charge on any atom is 0.333 e. The number of anilines is 1. The molecule has 0 bridgehead atoms. The Morgan fingerprint density at radius 2 is 1.64 bits per heavy atom. The number of nitrogens with one attached hydrogen (secondary N) is 1. The van der Waals surface area contributed by atoms with E-state index in [1.165, 1.54) is 0 Å². The second-order valence-electron chi connectivity index (χ2n) is 5.79. The van der Waals surface area contributed by atoms with Crippen LogP contribution >= 0.6 is 0 Å². The minimum absolute atomic E-state index is 0.389. The van der Waals surface area contributed by atoms with Crippen molar-refractivity contribution in [3.63, 3.8) is 0 Å². The Labute approximate surface area is 143 Å². The molecule has 5 heteroatoms. The van der Waals surface area contributed by atoms with Crippen molar-refractivity contribution in [2.75, 3.05) is 5.73 Å². The fourth-order valence-electron chi connectivity index (χ4n) is 2.91. The van der Waals surface area contributed by atoms with Crippen LogP contribution < -0.4 is 11.4 Å². The number of nitrogen functional groups attached to an aromatic ring is 1. The lowest BCUT2D eigenvalue weighted by molar-refractivity contribution is 0.0961. The zero-order chi connectivity index (χ0) is 17.4. The van der Waals surface area contributed by atoms with Gasteiger partial charge in [0.25, 0.3) is 5.91 Å². The van der Waals surface area contributed by atoms with E-state index >= 15 is 0 Å². The van der Waals surface area contributed by atoms with Crippen LogP contribution in [0.25, 0.3) is 22.2 Å². The molecule has 1 aromatic heterocycles. The van der Waals surface area contributed by atoms with E-state index in [1.54, 1.807) is 30.3 Å². The number of carbonyl (C=O) groups excluding carboxylic acids is 1. The molecule has 0 atom stereocenters. The molecule has 0 saturated carbocycles. The summed E-state index contributed by atoms with van der Waals surface area (Å²) in [6.07, 6.45) is 0. The molecule has 1 heterocycles. The maximum absolute atomic E-state index is 12.9. The molecular formula is C20H15N3O2. The van der Waals surface area contributed by atoms with Crippen LogP contribution in [0.2, 0.25) is 0 Å². The van der Waals surface area contributed by atoms with Crippen LogP contribution in [0.1, 0.15) is 10.4 Å². The first-order valence-electron chi connectivity index (χ1n) is 7.84. The summed E-state index contributed by atoms with van der Waals surface area (Å²) in [5.41, 5.74) is 9.22. The van der Waals surface area contributed by atoms with Gasteiger partial charge in [-0.15, -0.1) is 0 Å². The summed E-state index contributed by atoms with van der Waals surface area (Å²) in [6, 6.07) is 22.0. The predicted octanol–water partition coefficient (Wildman–Crippen LogP) is 3.27. The van der Waals surface area contributed by atoms with Gasteiger partial charge in [0.2, 0.25) is 0 Å². The van der Waals surface area contributed by atoms with Gasteiger partial charge in [0.1, 0.15) is 0 Å². The number of carbonyl (C=O) groups is 1. The van der Waals surface area contributed by atoms with Crippen LogP contribution in [-0.4, -0.2) is 15.5 Å². The zero-order valence-electron chi connectivity index (χ0n) is 13.3. The Morgan fingerprint density at radius 1 is 0.880 bits per heavy atom. The van der Waals surface area contributed by atoms with E-state index in [-0.39, 0.29) is 5.91 Å². The highest BCUT2D eigenvalue weighted by Crippen LogP contribution is 2.21. The monoisotopic (exact) mass is 329 g/mol. The average Bonchev–Trinajstić information content (AvgIpc) is 2.97. The van der Waals surface area contributed by atoms with Gasteiger partial charge in [0.15, 0.2) is 0 Å². The number of imidazole rings is 1. The summed E-state index contributed by atoms with van der Waals surface area (Å²) in [5.74, 6) is -0.389. The standard InChI is InChI=1S/C20H15N3O2/c21-16-9-10-17-18(12-16)23(20(25)22-17)19(24)15-8-4-7-14(11-15)13-5-2-1-3-6-13/h1-12H,21H2,(H,22,25). The maximum atomic E-state index is 12.9. The molecule has 3 N–H and O–H groups in total. The fourth-order valence-corrected chi connectivity index (χ4v) is 2.91. The van der Waals surface area contributed by atoms with Crippen molar-refractivity contribution in [2.24, 2.45) is 0 Å². The lowest BCUT2D eigenvalue weighted by Gasteiger charge is -2.06. The van der Waals surface area contributed by atoms with E-state index in [9.17, 15) is 9.59 Å². The summed E-state index contributed by atoms with van der Waals surface area (Å²) >= 11 is 0. The first kappa shape index (κ1) is 15.0. The average molecular weight is 329 g/mol. The molecule has 4 aromatic rings. The molecule has 0 fully saturated rings. The molecule has 0 amide bonds. The molecule has 122 valence electrons. The number of rotatable bonds is 2. The van der Waals surface area contributed by atoms with Gasteiger partial charge < -0.3 is 10.7 Å². The van der Waals surface area contributed by atoms with Gasteiger partial charge in [-0.25, -0.2) is 9.36 Å². The summed E-state index contributed by atoms with van der Waals surface area (Å²) < 4.78 is 1.12. The van der Waals surface area contributed by atoms with E-state index in [4.69, 9.17) is 5.73 Å². The van der Waals surface area contributed by atoms with Crippen LogP contribution in [0.5, 0.6) is 0 Å². The third kappa shape index (κ3) is 2.61. The topological polar surface area (TPSA) is 80.9 Å². The number of nitrogens with zero attached hydrogens (tertiary/aromatic N) is 1. The Morgan fingerprint density at radius 3 is 2.44 bits per heavy atom. The van der Waals surface area contributed by atoms with Crippen molar-refractivity contribution < 1.29 is 4.79 Å². The second kappa shape index (κ2) is 5.79. The lowest BCUT2D eigenvalue weighted by atomic mass is 10.0. The quantitative estimate of drug-likeness (QED) is 0.554. The van der Waals surface area contributed by atoms with E-state index in [0.29, 0.717) is 22.3 Å². The molecule has 0 spiro atoms. The Hall–Kier alpha value is -3.60. The highest BCUT2D eigenvalue weighted by atomic mass is 16.2. The van der Waals surface area contributed by atoms with Crippen LogP contribution in [0, 0.1) is 0 Å². The SMILES string of the molecule is Nc1ccc2[nH]c(=O)n(C(=O)c3cccc(-c4ccccc4)c3)c2c1. The van der Waals surface area contributed by atoms with E-state index in [1.807, 2.05) is 42.5 Å². The Bertz CT molecular complexity index is 1140. The zero-order valence-corrected chi connectivity index (χ0v) is 13.3. The number of benzene rings is 3. The van der Waals surface area contributed by atoms with E-state index in [0.717, 1.165) is 15.7 Å². The van der Waals surface area contributed by atoms with Gasteiger partial charge in [-0.2, -0.15) is 0 Å². The number of aromatic nitrogens is 2. The fraction of sp³-hybridized carbons (Fsp3) is 0. The van der Waals surface area contributed by atoms with Crippen molar-refractivity contribution in [1.29, 1.82) is 0 Å². The smallest absolute Gasteiger partial charge is 0.333 e. The van der Waals surface area contributed by atoms with Crippen LogP contribution in [0.3, 0.4) is 0 Å². The van der Waals surface area contributed by atoms with Gasteiger partial charge in [0.05, 0.1) is 11.0 Å². The first-order chi connectivity index (χ1) is 12.1. The minimum atomic E-state index is -0.476. The van der Waals surface area contributed by atoms with Crippen molar-refractivity contribution in [2.45, 2.75) is 0 Å². The normalized spacial score (nSPS) is 10.9. The summed E-state index contributed by atoms with van der Waals surface area (Å²) in [7, 11) is 0. The summed E-state index contributed by atoms with van der Waals surface area (Å²) in [4.78, 5) is 27.9. The molecule has 0 aliphatic carbocycles. The molecule has 0 radical (unpaired) electrons. The van der Waals surface area contributed by atoms with E-state index in [2.05, 4.69) is 4.98 Å². The molecule has 25 heavy (non-hydrogen) atoms. The molecular weight excluding hydrogens is 314 g/mol. The number of fused-ring (bicyclic) bond motifs is 1. The van der Waals surface area contributed by atoms with Crippen LogP contribution in [-0.2, 0) is 0 Å². The molecule has 0 saturated heterocycles. The van der Waals surface area contributed by atoms with Crippen molar-refractivity contribution in [3.05, 3.63) is 88.8 Å². The molecule has 4 rings (SSSR count). The molecule has 0 aliphatic rings. The minimum Gasteiger partial charge on any atom is -0.399 e. The molecule has 3 aromatic carbocycles. The highest BCUT2D eigenvalue weighted by Gasteiger charge is 2.16. The predicted molar refractivity (Wildman–Crippen MR) is 98.6 cm³/mol. The van der Waals surface area contributed by atoms with Gasteiger partial charge >= 0.3 is 5.69 Å². The van der Waals surface area contributed by atoms with Crippen molar-refractivity contribution in [3.8, 4) is 11.1 Å². The van der Waals surface area contributed by atoms with Crippen LogP contribution in [0.4, 0.5) is 5.69 Å². The number of hydrogen-bond acceptors (Lipinski definition) is 3. The number of H-pyrrole nitrogens is 1. The van der Waals surface area contributed by atoms with Gasteiger partial charge in [-0.05, 0) is 41.5 Å². The van der Waals surface area contributed by atoms with Gasteiger partial charge in [0, 0.05) is 11.3 Å². The number of nitrogens with two attached hydrogens (primary N) is 1. The van der Waals surface area contributed by atoms with E-state index < -0.39 is 5.69 Å². The van der Waals surface area contributed by atoms with Crippen molar-refractivity contribution in [1.82, 2.24) is 9.55 Å². The molecule has 5 nitrogen and oxygen atoms in total. The Kier molecular flexibility index (Phi) is 3.47. The summed E-state index contributed by atoms with van der Waals surface area (Å²) in [6.45, 7) is 0. The van der Waals surface area contributed by atoms with Crippen molar-refractivity contribution >= 4 is 22.6 Å². The number of aromatic amines is 1. The van der Waals surface area contributed by atoms with Gasteiger partial charge in [-0.3, -0.25) is 4.79 Å². The third-order valence-electron chi connectivity index (χ3n) is 4.13. The van der Waals surface area contributed by atoms with Gasteiger partial charge in [-0.1, -0.05) is 42.5 Å². The molecule has 0 unspecified atom stereocenters. The number of hydrogen-bond donors (Lipinski definition) is 2. The summed E-state index contributed by atoms with van der Waals surface area (Å²) in [5, 5.41) is 0. The van der Waals surface area contributed by atoms with Crippen LogP contribution in [0.15, 0.2) is 77.6 Å². The highest BCUT2D eigenvalue weighted by molar-refractivity contribution is 6.02. The largest absolute Gasteiger partial charge is 0.399 e. The first-order valence-corrected chi connectivity index (χ1v) is 7.84. The lowest BCUT2D eigenvalue weighted by Crippen LogP contribution is -2.24. The Balaban J connectivity index is 1.84. The third-order valence-corrected chi connectivity index (χ3v) is 4.13. The molecule has 0 aliphatic heterocycles.